The predicted molar refractivity (Wildman–Crippen MR) is 101 cm³/mol. The Balaban J connectivity index is 1.59. The molecule has 1 aliphatic heterocycles. The summed E-state index contributed by atoms with van der Waals surface area (Å²) in [4.78, 5) is 27.9. The molecule has 0 fully saturated rings. The van der Waals surface area contributed by atoms with Crippen molar-refractivity contribution in [3.8, 4) is 0 Å². The van der Waals surface area contributed by atoms with E-state index in [4.69, 9.17) is 11.6 Å². The summed E-state index contributed by atoms with van der Waals surface area (Å²) >= 11 is 6.00. The molecule has 0 aromatic heterocycles. The van der Waals surface area contributed by atoms with Crippen molar-refractivity contribution in [2.45, 2.75) is 12.5 Å². The number of carbonyl (C=O) groups excluding carboxylic acids is 2. The number of carbonyl (C=O) groups is 2. The number of halogens is 3. The summed E-state index contributed by atoms with van der Waals surface area (Å²) in [5, 5.41) is 8.95. The Labute approximate surface area is 163 Å². The Morgan fingerprint density at radius 2 is 1.93 bits per heavy atom. The average Bonchev–Trinajstić information content (AvgIpc) is 2.99. The largest absolute Gasteiger partial charge is 0.321 e. The van der Waals surface area contributed by atoms with Crippen LogP contribution in [0.15, 0.2) is 52.6 Å². The maximum absolute atomic E-state index is 13.6. The Bertz CT molecular complexity index is 960. The van der Waals surface area contributed by atoms with Gasteiger partial charge < -0.3 is 5.32 Å². The Hall–Kier alpha value is -3.33. The van der Waals surface area contributed by atoms with Crippen molar-refractivity contribution in [1.29, 1.82) is 0 Å². The molecule has 28 heavy (non-hydrogen) atoms. The number of amides is 2. The summed E-state index contributed by atoms with van der Waals surface area (Å²) in [5.74, 6) is -3.08. The zero-order valence-electron chi connectivity index (χ0n) is 14.2. The van der Waals surface area contributed by atoms with E-state index in [-0.39, 0.29) is 12.4 Å². The number of nitrogens with zero attached hydrogens (tertiary/aromatic N) is 2. The van der Waals surface area contributed by atoms with E-state index in [0.717, 1.165) is 12.1 Å². The van der Waals surface area contributed by atoms with Crippen LogP contribution in [0, 0.1) is 11.6 Å². The molecule has 0 saturated carbocycles. The van der Waals surface area contributed by atoms with Crippen LogP contribution in [-0.2, 0) is 9.59 Å². The number of rotatable bonds is 5. The summed E-state index contributed by atoms with van der Waals surface area (Å²) in [6, 6.07) is 9.16. The molecule has 1 unspecified atom stereocenters. The molecule has 7 nitrogen and oxygen atoms in total. The molecular formula is C18H14ClF2N5O2. The van der Waals surface area contributed by atoms with Crippen LogP contribution in [0.3, 0.4) is 0 Å². The second-order valence-corrected chi connectivity index (χ2v) is 6.13. The van der Waals surface area contributed by atoms with Crippen LogP contribution in [0.5, 0.6) is 0 Å². The zero-order valence-corrected chi connectivity index (χ0v) is 15.0. The van der Waals surface area contributed by atoms with Gasteiger partial charge in [-0.2, -0.15) is 5.10 Å². The summed E-state index contributed by atoms with van der Waals surface area (Å²) in [6.45, 7) is 0. The van der Waals surface area contributed by atoms with Crippen LogP contribution in [-0.4, -0.2) is 30.0 Å². The summed E-state index contributed by atoms with van der Waals surface area (Å²) in [5.41, 5.74) is 2.62. The van der Waals surface area contributed by atoms with E-state index in [0.29, 0.717) is 10.6 Å². The second-order valence-electron chi connectivity index (χ2n) is 5.72. The first-order valence-corrected chi connectivity index (χ1v) is 8.48. The molecule has 0 saturated heterocycles. The maximum atomic E-state index is 13.6. The van der Waals surface area contributed by atoms with E-state index < -0.39 is 35.2 Å². The molecular weight excluding hydrogens is 392 g/mol. The average molecular weight is 406 g/mol. The lowest BCUT2D eigenvalue weighted by Gasteiger charge is -2.08. The van der Waals surface area contributed by atoms with Crippen LogP contribution in [0.1, 0.15) is 12.0 Å². The van der Waals surface area contributed by atoms with Crippen molar-refractivity contribution in [3.05, 3.63) is 64.7 Å². The first-order chi connectivity index (χ1) is 13.4. The van der Waals surface area contributed by atoms with Crippen molar-refractivity contribution >= 4 is 41.3 Å². The van der Waals surface area contributed by atoms with E-state index in [1.54, 1.807) is 24.3 Å². The van der Waals surface area contributed by atoms with E-state index in [1.807, 2.05) is 0 Å². The minimum absolute atomic E-state index is 0.0446. The number of para-hydroxylation sites is 1. The van der Waals surface area contributed by atoms with Crippen LogP contribution < -0.4 is 16.1 Å². The number of hydrogen-bond donors (Lipinski definition) is 3. The number of hydrogen-bond acceptors (Lipinski definition) is 5. The molecule has 3 N–H and O–H groups in total. The lowest BCUT2D eigenvalue weighted by atomic mass is 10.2. The monoisotopic (exact) mass is 405 g/mol. The maximum Gasteiger partial charge on any atom is 0.252 e. The molecule has 2 amide bonds. The number of guanidine groups is 1. The summed E-state index contributed by atoms with van der Waals surface area (Å²) < 4.78 is 27.1. The smallest absolute Gasteiger partial charge is 0.252 e. The van der Waals surface area contributed by atoms with Gasteiger partial charge in [0.25, 0.3) is 5.91 Å². The molecule has 1 heterocycles. The van der Waals surface area contributed by atoms with E-state index in [2.05, 4.69) is 26.2 Å². The van der Waals surface area contributed by atoms with Gasteiger partial charge in [0.2, 0.25) is 11.9 Å². The van der Waals surface area contributed by atoms with E-state index in [9.17, 15) is 18.4 Å². The van der Waals surface area contributed by atoms with Crippen LogP contribution in [0.4, 0.5) is 14.5 Å². The fraction of sp³-hybridized carbons (Fsp3) is 0.111. The molecule has 0 spiro atoms. The van der Waals surface area contributed by atoms with Gasteiger partial charge in [-0.15, -0.1) is 0 Å². The van der Waals surface area contributed by atoms with Crippen LogP contribution in [0.25, 0.3) is 0 Å². The molecule has 10 heteroatoms. The minimum atomic E-state index is -1.05. The van der Waals surface area contributed by atoms with Crippen molar-refractivity contribution in [2.24, 2.45) is 10.1 Å². The predicted octanol–water partition coefficient (Wildman–Crippen LogP) is 2.42. The fourth-order valence-corrected chi connectivity index (χ4v) is 2.55. The van der Waals surface area contributed by atoms with Gasteiger partial charge in [-0.1, -0.05) is 35.9 Å². The van der Waals surface area contributed by atoms with Gasteiger partial charge in [0, 0.05) is 10.6 Å². The van der Waals surface area contributed by atoms with Crippen LogP contribution >= 0.6 is 11.6 Å². The molecule has 2 aromatic rings. The van der Waals surface area contributed by atoms with Crippen molar-refractivity contribution < 1.29 is 18.4 Å². The molecule has 1 aliphatic rings. The highest BCUT2D eigenvalue weighted by Crippen LogP contribution is 2.19. The minimum Gasteiger partial charge on any atom is -0.321 e. The Kier molecular flexibility index (Phi) is 5.95. The third-order valence-corrected chi connectivity index (χ3v) is 4.06. The topological polar surface area (TPSA) is 94.9 Å². The lowest BCUT2D eigenvalue weighted by molar-refractivity contribution is -0.123. The number of anilines is 1. The Morgan fingerprint density at radius 3 is 2.64 bits per heavy atom. The standard InChI is InChI=1S/C18H14ClF2N5O2/c19-11-5-2-1-4-10(11)9-22-26-18-23-14(17(28)25-18)8-15(27)24-16-12(20)6-3-7-13(16)21/h1-7,9,14H,8H2,(H,24,27)(H2,23,25,26,28). The van der Waals surface area contributed by atoms with Crippen molar-refractivity contribution in [2.75, 3.05) is 5.32 Å². The summed E-state index contributed by atoms with van der Waals surface area (Å²) in [7, 11) is 0. The molecule has 0 radical (unpaired) electrons. The number of benzene rings is 2. The fourth-order valence-electron chi connectivity index (χ4n) is 2.37. The normalized spacial score (nSPS) is 16.0. The highest BCUT2D eigenvalue weighted by molar-refractivity contribution is 6.33. The molecule has 2 aromatic carbocycles. The second kappa shape index (κ2) is 8.57. The van der Waals surface area contributed by atoms with Gasteiger partial charge in [0.05, 0.1) is 12.6 Å². The van der Waals surface area contributed by atoms with Crippen molar-refractivity contribution in [1.82, 2.24) is 10.7 Å². The van der Waals surface area contributed by atoms with Gasteiger partial charge in [0.1, 0.15) is 23.4 Å². The number of aliphatic imine (C=N–C) groups is 1. The molecule has 3 rings (SSSR count). The van der Waals surface area contributed by atoms with Crippen LogP contribution in [0.2, 0.25) is 5.02 Å². The Morgan fingerprint density at radius 1 is 1.21 bits per heavy atom. The third-order valence-electron chi connectivity index (χ3n) is 3.71. The zero-order chi connectivity index (χ0) is 20.1. The highest BCUT2D eigenvalue weighted by atomic mass is 35.5. The third kappa shape index (κ3) is 4.68. The van der Waals surface area contributed by atoms with Gasteiger partial charge in [0.15, 0.2) is 0 Å². The van der Waals surface area contributed by atoms with Gasteiger partial charge in [-0.3, -0.25) is 14.9 Å². The quantitative estimate of drug-likeness (QED) is 0.526. The van der Waals surface area contributed by atoms with E-state index >= 15 is 0 Å². The van der Waals surface area contributed by atoms with Gasteiger partial charge >= 0.3 is 0 Å². The molecule has 144 valence electrons. The lowest BCUT2D eigenvalue weighted by Crippen LogP contribution is -2.35. The molecule has 0 aliphatic carbocycles. The first kappa shape index (κ1) is 19.4. The van der Waals surface area contributed by atoms with Gasteiger partial charge in [-0.25, -0.2) is 19.2 Å². The number of hydrazone groups is 1. The molecule has 0 bridgehead atoms. The van der Waals surface area contributed by atoms with Gasteiger partial charge in [-0.05, 0) is 18.2 Å². The summed E-state index contributed by atoms with van der Waals surface area (Å²) in [6.07, 6.45) is 1.05. The first-order valence-electron chi connectivity index (χ1n) is 8.10. The molecule has 1 atom stereocenters. The van der Waals surface area contributed by atoms with E-state index in [1.165, 1.54) is 12.3 Å². The highest BCUT2D eigenvalue weighted by Gasteiger charge is 2.29. The number of nitrogens with one attached hydrogen (secondary N) is 3. The van der Waals surface area contributed by atoms with Crippen molar-refractivity contribution in [3.63, 3.8) is 0 Å². The SMILES string of the molecule is O=C(CC1N=C(NN=Cc2ccccc2Cl)NC1=O)Nc1c(F)cccc1F.